The van der Waals surface area contributed by atoms with Crippen LogP contribution in [0.5, 0.6) is 0 Å². The van der Waals surface area contributed by atoms with Gasteiger partial charge in [0, 0.05) is 45.0 Å². The summed E-state index contributed by atoms with van der Waals surface area (Å²) in [5.41, 5.74) is 4.95. The monoisotopic (exact) mass is 466 g/mol. The highest BCUT2D eigenvalue weighted by Crippen LogP contribution is 2.42. The number of nitrogens with zero attached hydrogens (tertiary/aromatic N) is 6. The highest BCUT2D eigenvalue weighted by atomic mass is 16.2. The van der Waals surface area contributed by atoms with Gasteiger partial charge in [0.05, 0.1) is 28.3 Å². The minimum absolute atomic E-state index is 0.263. The summed E-state index contributed by atoms with van der Waals surface area (Å²) in [7, 11) is 1.96. The molecule has 178 valence electrons. The van der Waals surface area contributed by atoms with Crippen molar-refractivity contribution in [2.24, 2.45) is 12.5 Å². The molecule has 0 atom stereocenters. The van der Waals surface area contributed by atoms with Crippen LogP contribution >= 0.6 is 0 Å². The van der Waals surface area contributed by atoms with E-state index in [2.05, 4.69) is 44.1 Å². The molecule has 1 spiro atoms. The van der Waals surface area contributed by atoms with E-state index in [-0.39, 0.29) is 5.41 Å². The molecule has 1 amide bonds. The van der Waals surface area contributed by atoms with Crippen LogP contribution in [0.1, 0.15) is 31.2 Å². The average molecular weight is 467 g/mol. The molecule has 4 aromatic rings. The molecule has 2 aliphatic heterocycles. The Morgan fingerprint density at radius 3 is 2.49 bits per heavy atom. The van der Waals surface area contributed by atoms with Crippen molar-refractivity contribution in [3.63, 3.8) is 0 Å². The van der Waals surface area contributed by atoms with Crippen LogP contribution in [0.15, 0.2) is 67.0 Å². The Balaban J connectivity index is 1.19. The summed E-state index contributed by atoms with van der Waals surface area (Å²) in [4.78, 5) is 27.6. The van der Waals surface area contributed by atoms with E-state index < -0.39 is 0 Å². The summed E-state index contributed by atoms with van der Waals surface area (Å²) in [6, 6.07) is 18.4. The van der Waals surface area contributed by atoms with Gasteiger partial charge in [-0.1, -0.05) is 36.4 Å². The third-order valence-electron chi connectivity index (χ3n) is 7.78. The van der Waals surface area contributed by atoms with Crippen molar-refractivity contribution >= 4 is 22.8 Å². The number of rotatable bonds is 4. The minimum Gasteiger partial charge on any atom is -0.355 e. The fourth-order valence-corrected chi connectivity index (χ4v) is 5.78. The number of hydrogen-bond acceptors (Lipinski definition) is 5. The zero-order valence-electron chi connectivity index (χ0n) is 20.1. The molecule has 0 N–H and O–H groups in total. The van der Waals surface area contributed by atoms with Gasteiger partial charge >= 0.3 is 0 Å². The SMILES string of the molecule is Cn1nccc1-c1ccccc1CN1CCCC2(CCN(c3cnc4ccccc4n3)CC2)C1=O. The van der Waals surface area contributed by atoms with Gasteiger partial charge in [0.2, 0.25) is 5.91 Å². The first-order valence-corrected chi connectivity index (χ1v) is 12.5. The second-order valence-corrected chi connectivity index (χ2v) is 9.81. The highest BCUT2D eigenvalue weighted by Gasteiger charge is 2.45. The molecule has 2 aliphatic rings. The number of anilines is 1. The van der Waals surface area contributed by atoms with E-state index in [1.54, 1.807) is 0 Å². The summed E-state index contributed by atoms with van der Waals surface area (Å²) >= 11 is 0. The van der Waals surface area contributed by atoms with Gasteiger partial charge in [-0.05, 0) is 49.4 Å². The molecule has 0 saturated carbocycles. The molecule has 4 heterocycles. The summed E-state index contributed by atoms with van der Waals surface area (Å²) in [5.74, 6) is 1.22. The van der Waals surface area contributed by atoms with Crippen molar-refractivity contribution in [2.45, 2.75) is 32.2 Å². The molecule has 0 aliphatic carbocycles. The molecule has 0 unspecified atom stereocenters. The lowest BCUT2D eigenvalue weighted by Gasteiger charge is -2.46. The third-order valence-corrected chi connectivity index (χ3v) is 7.78. The zero-order valence-corrected chi connectivity index (χ0v) is 20.1. The fourth-order valence-electron chi connectivity index (χ4n) is 5.78. The van der Waals surface area contributed by atoms with Gasteiger partial charge < -0.3 is 9.80 Å². The Hall–Kier alpha value is -3.74. The van der Waals surface area contributed by atoms with Crippen LogP contribution < -0.4 is 4.90 Å². The number of para-hydroxylation sites is 2. The van der Waals surface area contributed by atoms with Crippen LogP contribution in [0.4, 0.5) is 5.82 Å². The Morgan fingerprint density at radius 1 is 0.914 bits per heavy atom. The molecular weight excluding hydrogens is 436 g/mol. The van der Waals surface area contributed by atoms with Gasteiger partial charge in [-0.15, -0.1) is 0 Å². The van der Waals surface area contributed by atoms with Crippen molar-refractivity contribution in [3.05, 3.63) is 72.6 Å². The molecule has 0 radical (unpaired) electrons. The highest BCUT2D eigenvalue weighted by molar-refractivity contribution is 5.84. The van der Waals surface area contributed by atoms with Crippen molar-refractivity contribution in [2.75, 3.05) is 24.5 Å². The number of piperidine rings is 2. The number of carbonyl (C=O) groups is 1. The van der Waals surface area contributed by atoms with Crippen LogP contribution in [0, 0.1) is 5.41 Å². The van der Waals surface area contributed by atoms with Crippen LogP contribution in [-0.4, -0.2) is 50.2 Å². The predicted octanol–water partition coefficient (Wildman–Crippen LogP) is 4.44. The van der Waals surface area contributed by atoms with E-state index in [0.717, 1.165) is 73.4 Å². The Bertz CT molecular complexity index is 1370. The van der Waals surface area contributed by atoms with E-state index in [9.17, 15) is 4.79 Å². The maximum Gasteiger partial charge on any atom is 0.229 e. The predicted molar refractivity (Wildman–Crippen MR) is 137 cm³/mol. The van der Waals surface area contributed by atoms with Crippen LogP contribution in [0.25, 0.3) is 22.3 Å². The molecule has 2 saturated heterocycles. The molecule has 2 aromatic heterocycles. The van der Waals surface area contributed by atoms with Crippen molar-refractivity contribution in [1.29, 1.82) is 0 Å². The maximum atomic E-state index is 13.9. The molecule has 2 aromatic carbocycles. The van der Waals surface area contributed by atoms with E-state index in [0.29, 0.717) is 12.5 Å². The Kier molecular flexibility index (Phi) is 5.47. The lowest BCUT2D eigenvalue weighted by Crippen LogP contribution is -2.53. The number of aromatic nitrogens is 4. The van der Waals surface area contributed by atoms with Gasteiger partial charge in [0.1, 0.15) is 5.82 Å². The van der Waals surface area contributed by atoms with Crippen LogP contribution in [0.2, 0.25) is 0 Å². The molecule has 7 nitrogen and oxygen atoms in total. The number of aryl methyl sites for hydroxylation is 1. The number of hydrogen-bond donors (Lipinski definition) is 0. The largest absolute Gasteiger partial charge is 0.355 e. The molecule has 6 rings (SSSR count). The standard InChI is InChI=1S/C28H30N6O/c1-32-25(11-15-30-32)22-8-3-2-7-21(22)20-34-16-6-12-28(27(34)35)13-17-33(18-14-28)26-19-29-23-9-4-5-10-24(23)31-26/h2-5,7-11,15,19H,6,12-14,16-18,20H2,1H3. The van der Waals surface area contributed by atoms with Gasteiger partial charge in [-0.2, -0.15) is 5.10 Å². The number of amides is 1. The van der Waals surface area contributed by atoms with Crippen molar-refractivity contribution in [3.8, 4) is 11.3 Å². The maximum absolute atomic E-state index is 13.9. The summed E-state index contributed by atoms with van der Waals surface area (Å²) in [6.07, 6.45) is 7.43. The van der Waals surface area contributed by atoms with Gasteiger partial charge in [-0.25, -0.2) is 4.98 Å². The number of likely N-dealkylation sites (tertiary alicyclic amines) is 1. The number of benzene rings is 2. The van der Waals surface area contributed by atoms with Gasteiger partial charge in [0.25, 0.3) is 0 Å². The van der Waals surface area contributed by atoms with E-state index in [4.69, 9.17) is 4.98 Å². The second-order valence-electron chi connectivity index (χ2n) is 9.81. The quantitative estimate of drug-likeness (QED) is 0.445. The fraction of sp³-hybridized carbons (Fsp3) is 0.357. The van der Waals surface area contributed by atoms with Gasteiger partial charge in [0.15, 0.2) is 0 Å². The minimum atomic E-state index is -0.263. The first kappa shape index (κ1) is 21.8. The topological polar surface area (TPSA) is 67.2 Å². The molecule has 2 fully saturated rings. The number of carbonyl (C=O) groups excluding carboxylic acids is 1. The smallest absolute Gasteiger partial charge is 0.229 e. The van der Waals surface area contributed by atoms with E-state index >= 15 is 0 Å². The molecule has 7 heteroatoms. The number of fused-ring (bicyclic) bond motifs is 1. The molecule has 35 heavy (non-hydrogen) atoms. The molecular formula is C28H30N6O. The van der Waals surface area contributed by atoms with Crippen LogP contribution in [0.3, 0.4) is 0 Å². The van der Waals surface area contributed by atoms with Crippen molar-refractivity contribution in [1.82, 2.24) is 24.6 Å². The first-order valence-electron chi connectivity index (χ1n) is 12.5. The van der Waals surface area contributed by atoms with Gasteiger partial charge in [-0.3, -0.25) is 14.5 Å². The first-order chi connectivity index (χ1) is 17.1. The van der Waals surface area contributed by atoms with E-state index in [1.165, 1.54) is 5.56 Å². The molecule has 0 bridgehead atoms. The Labute approximate surface area is 205 Å². The third kappa shape index (κ3) is 3.95. The van der Waals surface area contributed by atoms with Crippen molar-refractivity contribution < 1.29 is 4.79 Å². The van der Waals surface area contributed by atoms with E-state index in [1.807, 2.05) is 54.5 Å². The summed E-state index contributed by atoms with van der Waals surface area (Å²) < 4.78 is 1.89. The lowest BCUT2D eigenvalue weighted by atomic mass is 9.71. The average Bonchev–Trinajstić information content (AvgIpc) is 3.33. The second kappa shape index (κ2) is 8.80. The summed E-state index contributed by atoms with van der Waals surface area (Å²) in [6.45, 7) is 3.12. The summed E-state index contributed by atoms with van der Waals surface area (Å²) in [5, 5.41) is 4.33. The van der Waals surface area contributed by atoms with Crippen LogP contribution in [-0.2, 0) is 18.4 Å². The normalized spacial score (nSPS) is 17.9. The Morgan fingerprint density at radius 2 is 1.69 bits per heavy atom. The lowest BCUT2D eigenvalue weighted by molar-refractivity contribution is -0.148. The zero-order chi connectivity index (χ0) is 23.8.